The van der Waals surface area contributed by atoms with Crippen molar-refractivity contribution >= 4 is 17.9 Å². The molecular weight excluding hydrogens is 528 g/mol. The minimum atomic E-state index is -0.774. The van der Waals surface area contributed by atoms with Crippen LogP contribution >= 0.6 is 0 Å². The summed E-state index contributed by atoms with van der Waals surface area (Å²) in [6.07, 6.45) is 31.9. The molecule has 0 fully saturated rings. The van der Waals surface area contributed by atoms with Gasteiger partial charge in [0.15, 0.2) is 6.10 Å². The average molecular weight is 591 g/mol. The largest absolute Gasteiger partial charge is 0.462 e. The summed E-state index contributed by atoms with van der Waals surface area (Å²) in [5.74, 6) is -0.941. The zero-order valence-corrected chi connectivity index (χ0v) is 27.3. The Bertz CT molecular complexity index is 697. The minimum Gasteiger partial charge on any atom is -0.462 e. The Hall–Kier alpha value is -2.37. The molecule has 0 saturated carbocycles. The number of rotatable bonds is 29. The summed E-state index contributed by atoms with van der Waals surface area (Å²) in [6, 6.07) is 0. The van der Waals surface area contributed by atoms with Crippen LogP contribution in [-0.4, -0.2) is 37.2 Å². The molecule has 0 aromatic heterocycles. The molecule has 0 aliphatic rings. The maximum atomic E-state index is 12.5. The molecule has 0 aliphatic heterocycles. The predicted molar refractivity (Wildman–Crippen MR) is 173 cm³/mol. The highest BCUT2D eigenvalue weighted by atomic mass is 16.6. The normalized spacial score (nSPS) is 12.4. The van der Waals surface area contributed by atoms with Gasteiger partial charge in [-0.3, -0.25) is 14.4 Å². The van der Waals surface area contributed by atoms with Crippen molar-refractivity contribution in [3.8, 4) is 0 Å². The standard InChI is InChI=1S/C36H62O6/c1-4-7-10-13-16-19-22-25-28-34(37)40-31-33(42-36(39)30-27-24-21-18-15-12-9-6-3)32-41-35(38)29-26-23-20-17-14-11-8-5-2/h4-9,33H,10-32H2,1-3H3. The van der Waals surface area contributed by atoms with Gasteiger partial charge in [-0.25, -0.2) is 0 Å². The number of hydrogen-bond acceptors (Lipinski definition) is 6. The van der Waals surface area contributed by atoms with E-state index < -0.39 is 6.10 Å². The fourth-order valence-corrected chi connectivity index (χ4v) is 4.56. The van der Waals surface area contributed by atoms with E-state index in [1.807, 2.05) is 20.8 Å². The number of allylic oxidation sites excluding steroid dienone is 6. The smallest absolute Gasteiger partial charge is 0.306 e. The number of unbranched alkanes of at least 4 members (excludes halogenated alkanes) is 15. The average Bonchev–Trinajstić information content (AvgIpc) is 2.98. The third-order valence-corrected chi connectivity index (χ3v) is 7.12. The number of carbonyl (C=O) groups excluding carboxylic acids is 3. The third-order valence-electron chi connectivity index (χ3n) is 7.12. The molecule has 0 aromatic carbocycles. The van der Waals surface area contributed by atoms with Gasteiger partial charge >= 0.3 is 17.9 Å². The molecular formula is C36H62O6. The van der Waals surface area contributed by atoms with Crippen molar-refractivity contribution in [3.63, 3.8) is 0 Å². The van der Waals surface area contributed by atoms with E-state index >= 15 is 0 Å². The summed E-state index contributed by atoms with van der Waals surface area (Å²) in [6.45, 7) is 5.93. The molecule has 0 atom stereocenters. The van der Waals surface area contributed by atoms with Crippen LogP contribution in [0.4, 0.5) is 0 Å². The monoisotopic (exact) mass is 590 g/mol. The van der Waals surface area contributed by atoms with Crippen molar-refractivity contribution in [2.24, 2.45) is 0 Å². The Labute approximate surface area is 257 Å². The second-order valence-corrected chi connectivity index (χ2v) is 11.1. The molecule has 0 bridgehead atoms. The number of hydrogen-bond donors (Lipinski definition) is 0. The fourth-order valence-electron chi connectivity index (χ4n) is 4.56. The fraction of sp³-hybridized carbons (Fsp3) is 0.750. The molecule has 6 heteroatoms. The summed E-state index contributed by atoms with van der Waals surface area (Å²) in [4.78, 5) is 37.0. The van der Waals surface area contributed by atoms with Crippen LogP contribution in [0.5, 0.6) is 0 Å². The molecule has 0 heterocycles. The summed E-state index contributed by atoms with van der Waals surface area (Å²) in [5.41, 5.74) is 0. The lowest BCUT2D eigenvalue weighted by Gasteiger charge is -2.18. The lowest BCUT2D eigenvalue weighted by molar-refractivity contribution is -0.167. The molecule has 0 unspecified atom stereocenters. The van der Waals surface area contributed by atoms with Gasteiger partial charge in [-0.05, 0) is 78.6 Å². The van der Waals surface area contributed by atoms with E-state index in [0.29, 0.717) is 19.3 Å². The molecule has 242 valence electrons. The van der Waals surface area contributed by atoms with Crippen LogP contribution in [0.3, 0.4) is 0 Å². The van der Waals surface area contributed by atoms with Crippen LogP contribution in [0.2, 0.25) is 0 Å². The van der Waals surface area contributed by atoms with Crippen LogP contribution in [0.25, 0.3) is 0 Å². The van der Waals surface area contributed by atoms with Crippen molar-refractivity contribution in [1.82, 2.24) is 0 Å². The van der Waals surface area contributed by atoms with Gasteiger partial charge in [0.25, 0.3) is 0 Å². The maximum Gasteiger partial charge on any atom is 0.306 e. The molecule has 0 aromatic rings. The van der Waals surface area contributed by atoms with Crippen molar-refractivity contribution in [3.05, 3.63) is 36.5 Å². The van der Waals surface area contributed by atoms with E-state index in [2.05, 4.69) is 36.5 Å². The Morgan fingerprint density at radius 1 is 0.452 bits per heavy atom. The lowest BCUT2D eigenvalue weighted by atomic mass is 10.1. The molecule has 6 nitrogen and oxygen atoms in total. The first-order valence-electron chi connectivity index (χ1n) is 16.9. The first-order valence-corrected chi connectivity index (χ1v) is 16.9. The van der Waals surface area contributed by atoms with Gasteiger partial charge in [0.2, 0.25) is 0 Å². The summed E-state index contributed by atoms with van der Waals surface area (Å²) < 4.78 is 16.4. The summed E-state index contributed by atoms with van der Waals surface area (Å²) in [5, 5.41) is 0. The van der Waals surface area contributed by atoms with Crippen LogP contribution in [0.15, 0.2) is 36.5 Å². The highest BCUT2D eigenvalue weighted by molar-refractivity contribution is 5.71. The second-order valence-electron chi connectivity index (χ2n) is 11.1. The van der Waals surface area contributed by atoms with E-state index in [0.717, 1.165) is 96.3 Å². The van der Waals surface area contributed by atoms with E-state index in [-0.39, 0.29) is 31.1 Å². The SMILES string of the molecule is CC=CCCCCCCCC(=O)OCC(COC(=O)CCCCCCCC=CC)OC(=O)CCCCCCCC=CC. The Balaban J connectivity index is 4.40. The van der Waals surface area contributed by atoms with Gasteiger partial charge in [-0.2, -0.15) is 0 Å². The quantitative estimate of drug-likeness (QED) is 0.0373. The maximum absolute atomic E-state index is 12.5. The van der Waals surface area contributed by atoms with Crippen LogP contribution in [0.1, 0.15) is 156 Å². The highest BCUT2D eigenvalue weighted by Crippen LogP contribution is 2.12. The van der Waals surface area contributed by atoms with Gasteiger partial charge < -0.3 is 14.2 Å². The van der Waals surface area contributed by atoms with E-state index in [4.69, 9.17) is 14.2 Å². The second kappa shape index (κ2) is 31.6. The third kappa shape index (κ3) is 29.1. The van der Waals surface area contributed by atoms with Gasteiger partial charge in [-0.15, -0.1) is 0 Å². The zero-order valence-electron chi connectivity index (χ0n) is 27.3. The van der Waals surface area contributed by atoms with Crippen LogP contribution in [-0.2, 0) is 28.6 Å². The molecule has 0 aliphatic carbocycles. The minimum absolute atomic E-state index is 0.0850. The Kier molecular flexibility index (Phi) is 29.8. The number of esters is 3. The van der Waals surface area contributed by atoms with Crippen LogP contribution in [0, 0.1) is 0 Å². The summed E-state index contributed by atoms with van der Waals surface area (Å²) in [7, 11) is 0. The number of ether oxygens (including phenoxy) is 3. The van der Waals surface area contributed by atoms with Crippen molar-refractivity contribution in [1.29, 1.82) is 0 Å². The van der Waals surface area contributed by atoms with E-state index in [1.54, 1.807) is 0 Å². The van der Waals surface area contributed by atoms with Gasteiger partial charge in [-0.1, -0.05) is 94.2 Å². The van der Waals surface area contributed by atoms with E-state index in [9.17, 15) is 14.4 Å². The molecule has 0 saturated heterocycles. The van der Waals surface area contributed by atoms with Gasteiger partial charge in [0, 0.05) is 19.3 Å². The Morgan fingerprint density at radius 3 is 1.12 bits per heavy atom. The predicted octanol–water partition coefficient (Wildman–Crippen LogP) is 9.90. The van der Waals surface area contributed by atoms with Crippen molar-refractivity contribution < 1.29 is 28.6 Å². The molecule has 0 amide bonds. The number of carbonyl (C=O) groups is 3. The molecule has 42 heavy (non-hydrogen) atoms. The van der Waals surface area contributed by atoms with Crippen LogP contribution < -0.4 is 0 Å². The molecule has 0 N–H and O–H groups in total. The highest BCUT2D eigenvalue weighted by Gasteiger charge is 2.19. The lowest BCUT2D eigenvalue weighted by Crippen LogP contribution is -2.30. The van der Waals surface area contributed by atoms with E-state index in [1.165, 1.54) is 19.3 Å². The molecule has 0 rings (SSSR count). The van der Waals surface area contributed by atoms with Crippen molar-refractivity contribution in [2.75, 3.05) is 13.2 Å². The zero-order chi connectivity index (χ0) is 30.9. The molecule has 0 radical (unpaired) electrons. The van der Waals surface area contributed by atoms with Gasteiger partial charge in [0.05, 0.1) is 0 Å². The summed E-state index contributed by atoms with van der Waals surface area (Å²) >= 11 is 0. The van der Waals surface area contributed by atoms with Crippen molar-refractivity contribution in [2.45, 2.75) is 162 Å². The first-order chi connectivity index (χ1) is 20.5. The topological polar surface area (TPSA) is 78.9 Å². The van der Waals surface area contributed by atoms with Gasteiger partial charge in [0.1, 0.15) is 13.2 Å². The molecule has 0 spiro atoms. The Morgan fingerprint density at radius 2 is 0.762 bits per heavy atom. The first kappa shape index (κ1) is 39.6.